The molecule has 0 aliphatic heterocycles. The van der Waals surface area contributed by atoms with Gasteiger partial charge >= 0.3 is 0 Å². The second kappa shape index (κ2) is 9.78. The number of hydrogen-bond donors (Lipinski definition) is 0. The molecule has 0 heteroatoms. The minimum absolute atomic E-state index is 0.113. The molecular formula is C45H32. The summed E-state index contributed by atoms with van der Waals surface area (Å²) in [5.74, 6) is 0. The Hall–Kier alpha value is -5.46. The first-order valence-electron chi connectivity index (χ1n) is 15.9. The SMILES string of the molecule is CC1(C)c2ccccc2-c2cc3ccccc3c(-c3cccc(-c4c5ccccc5c(-c5ccccc5)c5ccccc45)c3)c21. The maximum absolute atomic E-state index is 2.44. The lowest BCUT2D eigenvalue weighted by Gasteiger charge is -2.26. The number of fused-ring (bicyclic) bond motifs is 6. The topological polar surface area (TPSA) is 0 Å². The third-order valence-corrected chi connectivity index (χ3v) is 10.00. The fraction of sp³-hybridized carbons (Fsp3) is 0.0667. The van der Waals surface area contributed by atoms with Crippen LogP contribution in [0.25, 0.3) is 76.8 Å². The molecule has 0 atom stereocenters. The molecule has 8 aromatic rings. The molecule has 1 aliphatic rings. The molecule has 0 radical (unpaired) electrons. The minimum Gasteiger partial charge on any atom is -0.0622 e. The van der Waals surface area contributed by atoms with E-state index in [2.05, 4.69) is 172 Å². The van der Waals surface area contributed by atoms with Crippen molar-refractivity contribution in [1.82, 2.24) is 0 Å². The van der Waals surface area contributed by atoms with E-state index >= 15 is 0 Å². The van der Waals surface area contributed by atoms with Gasteiger partial charge in [0.15, 0.2) is 0 Å². The first-order valence-corrected chi connectivity index (χ1v) is 15.9. The Labute approximate surface area is 264 Å². The van der Waals surface area contributed by atoms with E-state index in [-0.39, 0.29) is 5.41 Å². The van der Waals surface area contributed by atoms with Crippen LogP contribution in [-0.2, 0) is 5.41 Å². The van der Waals surface area contributed by atoms with Crippen LogP contribution in [0.4, 0.5) is 0 Å². The Bertz CT molecular complexity index is 2390. The fourth-order valence-electron chi connectivity index (χ4n) is 8.09. The molecule has 0 unspecified atom stereocenters. The number of hydrogen-bond acceptors (Lipinski definition) is 0. The highest BCUT2D eigenvalue weighted by Crippen LogP contribution is 2.54. The molecule has 0 N–H and O–H groups in total. The zero-order valence-electron chi connectivity index (χ0n) is 25.5. The molecule has 0 nitrogen and oxygen atoms in total. The van der Waals surface area contributed by atoms with Gasteiger partial charge in [0, 0.05) is 5.41 Å². The molecule has 9 rings (SSSR count). The van der Waals surface area contributed by atoms with E-state index in [4.69, 9.17) is 0 Å². The van der Waals surface area contributed by atoms with E-state index in [1.165, 1.54) is 88.0 Å². The van der Waals surface area contributed by atoms with Crippen molar-refractivity contribution in [3.05, 3.63) is 169 Å². The zero-order chi connectivity index (χ0) is 30.1. The summed E-state index contributed by atoms with van der Waals surface area (Å²) < 4.78 is 0. The van der Waals surface area contributed by atoms with Crippen LogP contribution in [0.5, 0.6) is 0 Å². The predicted octanol–water partition coefficient (Wildman–Crippen LogP) is 12.5. The summed E-state index contributed by atoms with van der Waals surface area (Å²) >= 11 is 0. The van der Waals surface area contributed by atoms with Crippen LogP contribution < -0.4 is 0 Å². The van der Waals surface area contributed by atoms with E-state index in [1.54, 1.807) is 0 Å². The molecule has 0 fully saturated rings. The van der Waals surface area contributed by atoms with Gasteiger partial charge in [-0.15, -0.1) is 0 Å². The van der Waals surface area contributed by atoms with E-state index in [9.17, 15) is 0 Å². The van der Waals surface area contributed by atoms with Gasteiger partial charge in [0.2, 0.25) is 0 Å². The van der Waals surface area contributed by atoms with E-state index in [0.29, 0.717) is 0 Å². The molecule has 0 bridgehead atoms. The van der Waals surface area contributed by atoms with Gasteiger partial charge in [-0.3, -0.25) is 0 Å². The average Bonchev–Trinajstić information content (AvgIpc) is 3.32. The smallest absolute Gasteiger partial charge is 0.0165 e. The van der Waals surface area contributed by atoms with E-state index < -0.39 is 0 Å². The van der Waals surface area contributed by atoms with Crippen LogP contribution in [0.15, 0.2) is 158 Å². The molecule has 8 aromatic carbocycles. The van der Waals surface area contributed by atoms with Crippen LogP contribution in [0.1, 0.15) is 25.0 Å². The van der Waals surface area contributed by atoms with Gasteiger partial charge in [-0.25, -0.2) is 0 Å². The summed E-state index contributed by atoms with van der Waals surface area (Å²) in [6, 6.07) is 58.3. The highest BCUT2D eigenvalue weighted by molar-refractivity contribution is 6.21. The fourth-order valence-corrected chi connectivity index (χ4v) is 8.09. The summed E-state index contributed by atoms with van der Waals surface area (Å²) in [5.41, 5.74) is 13.1. The summed E-state index contributed by atoms with van der Waals surface area (Å²) in [4.78, 5) is 0. The average molecular weight is 573 g/mol. The molecule has 45 heavy (non-hydrogen) atoms. The van der Waals surface area contributed by atoms with Crippen molar-refractivity contribution in [2.75, 3.05) is 0 Å². The summed E-state index contributed by atoms with van der Waals surface area (Å²) in [5, 5.41) is 7.72. The summed E-state index contributed by atoms with van der Waals surface area (Å²) in [7, 11) is 0. The monoisotopic (exact) mass is 572 g/mol. The standard InChI is InChI=1S/C45H32/c1-45(2)40-26-13-12-21-34(40)39-28-30-17-6-7-20-33(30)43(44(39)45)32-19-14-18-31(27-32)42-37-24-10-8-22-35(37)41(29-15-4-3-5-16-29)36-23-9-11-25-38(36)42/h3-28H,1-2H3. The van der Waals surface area contributed by atoms with Crippen LogP contribution >= 0.6 is 0 Å². The molecule has 0 saturated carbocycles. The minimum atomic E-state index is -0.113. The van der Waals surface area contributed by atoms with Crippen molar-refractivity contribution in [3.63, 3.8) is 0 Å². The van der Waals surface area contributed by atoms with Gasteiger partial charge in [0.25, 0.3) is 0 Å². The molecule has 1 aliphatic carbocycles. The van der Waals surface area contributed by atoms with Crippen molar-refractivity contribution in [1.29, 1.82) is 0 Å². The highest BCUT2D eigenvalue weighted by atomic mass is 14.4. The number of benzene rings is 8. The zero-order valence-corrected chi connectivity index (χ0v) is 25.5. The Balaban J connectivity index is 1.36. The van der Waals surface area contributed by atoms with Crippen molar-refractivity contribution in [2.45, 2.75) is 19.3 Å². The molecular weight excluding hydrogens is 540 g/mol. The van der Waals surface area contributed by atoms with Crippen LogP contribution in [-0.4, -0.2) is 0 Å². The maximum Gasteiger partial charge on any atom is 0.0165 e. The first kappa shape index (κ1) is 26.0. The first-order chi connectivity index (χ1) is 22.1. The van der Waals surface area contributed by atoms with Gasteiger partial charge in [-0.1, -0.05) is 159 Å². The van der Waals surface area contributed by atoms with E-state index in [0.717, 1.165) is 0 Å². The normalized spacial score (nSPS) is 13.3. The van der Waals surface area contributed by atoms with Crippen LogP contribution in [0.3, 0.4) is 0 Å². The van der Waals surface area contributed by atoms with Crippen molar-refractivity contribution < 1.29 is 0 Å². The van der Waals surface area contributed by atoms with E-state index in [1.807, 2.05) is 0 Å². The second-order valence-corrected chi connectivity index (χ2v) is 12.9. The molecule has 0 heterocycles. The summed E-state index contributed by atoms with van der Waals surface area (Å²) in [6.45, 7) is 4.78. The van der Waals surface area contributed by atoms with Gasteiger partial charge in [-0.05, 0) is 100 Å². The Kier molecular flexibility index (Phi) is 5.64. The van der Waals surface area contributed by atoms with Crippen molar-refractivity contribution in [3.8, 4) is 44.5 Å². The van der Waals surface area contributed by atoms with Crippen molar-refractivity contribution >= 4 is 32.3 Å². The molecule has 0 amide bonds. The molecule has 212 valence electrons. The maximum atomic E-state index is 2.44. The lowest BCUT2D eigenvalue weighted by molar-refractivity contribution is 0.663. The molecule has 0 aromatic heterocycles. The van der Waals surface area contributed by atoms with Gasteiger partial charge < -0.3 is 0 Å². The summed E-state index contributed by atoms with van der Waals surface area (Å²) in [6.07, 6.45) is 0. The lowest BCUT2D eigenvalue weighted by atomic mass is 9.77. The Morgan fingerprint density at radius 1 is 0.356 bits per heavy atom. The Morgan fingerprint density at radius 2 is 0.844 bits per heavy atom. The number of rotatable bonds is 3. The lowest BCUT2D eigenvalue weighted by Crippen LogP contribution is -2.16. The Morgan fingerprint density at radius 3 is 1.51 bits per heavy atom. The van der Waals surface area contributed by atoms with Gasteiger partial charge in [0.1, 0.15) is 0 Å². The molecule has 0 saturated heterocycles. The van der Waals surface area contributed by atoms with Gasteiger partial charge in [0.05, 0.1) is 0 Å². The third kappa shape index (κ3) is 3.79. The molecule has 0 spiro atoms. The third-order valence-electron chi connectivity index (χ3n) is 10.00. The van der Waals surface area contributed by atoms with Crippen molar-refractivity contribution in [2.24, 2.45) is 0 Å². The largest absolute Gasteiger partial charge is 0.0622 e. The second-order valence-electron chi connectivity index (χ2n) is 12.9. The quantitative estimate of drug-likeness (QED) is 0.185. The van der Waals surface area contributed by atoms with Gasteiger partial charge in [-0.2, -0.15) is 0 Å². The predicted molar refractivity (Wildman–Crippen MR) is 193 cm³/mol. The van der Waals surface area contributed by atoms with Crippen LogP contribution in [0, 0.1) is 0 Å². The van der Waals surface area contributed by atoms with Crippen LogP contribution in [0.2, 0.25) is 0 Å². The highest BCUT2D eigenvalue weighted by Gasteiger charge is 2.38.